The maximum absolute atomic E-state index is 12.7. The third-order valence-electron chi connectivity index (χ3n) is 4.80. The smallest absolute Gasteiger partial charge is 0.349 e. The second-order valence-corrected chi connectivity index (χ2v) is 6.24. The number of amides is 1. The Kier molecular flexibility index (Phi) is 3.66. The van der Waals surface area contributed by atoms with Crippen molar-refractivity contribution in [3.8, 4) is 0 Å². The predicted molar refractivity (Wildman–Crippen MR) is 72.7 cm³/mol. The maximum atomic E-state index is 12.7. The Hall–Kier alpha value is -1.57. The zero-order valence-corrected chi connectivity index (χ0v) is 12.3. The number of nitrogens with one attached hydrogen (secondary N) is 2. The fraction of sp³-hybridized carbons (Fsp3) is 0.714. The Balaban J connectivity index is 1.60. The summed E-state index contributed by atoms with van der Waals surface area (Å²) in [5.41, 5.74) is -0.542. The zero-order chi connectivity index (χ0) is 16.0. The highest BCUT2D eigenvalue weighted by atomic mass is 19.4. The van der Waals surface area contributed by atoms with Crippen molar-refractivity contribution in [1.29, 1.82) is 0 Å². The molecule has 3 rings (SSSR count). The van der Waals surface area contributed by atoms with E-state index < -0.39 is 11.9 Å². The first kappa shape index (κ1) is 15.3. The maximum Gasteiger partial charge on any atom is 0.433 e. The Morgan fingerprint density at radius 3 is 2.68 bits per heavy atom. The van der Waals surface area contributed by atoms with Gasteiger partial charge in [0.05, 0.1) is 18.3 Å². The summed E-state index contributed by atoms with van der Waals surface area (Å²) >= 11 is 0. The van der Waals surface area contributed by atoms with Crippen LogP contribution in [-0.2, 0) is 24.6 Å². The number of hydrogen-bond donors (Lipinski definition) is 2. The number of nitrogens with zero attached hydrogens (tertiary/aromatic N) is 2. The lowest BCUT2D eigenvalue weighted by molar-refractivity contribution is -0.143. The number of carbonyl (C=O) groups is 1. The molecule has 0 radical (unpaired) electrons. The van der Waals surface area contributed by atoms with E-state index in [0.29, 0.717) is 0 Å². The first-order valence-corrected chi connectivity index (χ1v) is 7.43. The van der Waals surface area contributed by atoms with Gasteiger partial charge in [-0.25, -0.2) is 0 Å². The van der Waals surface area contributed by atoms with E-state index in [2.05, 4.69) is 15.7 Å². The van der Waals surface area contributed by atoms with Crippen LogP contribution in [0.4, 0.5) is 13.2 Å². The van der Waals surface area contributed by atoms with E-state index >= 15 is 0 Å². The summed E-state index contributed by atoms with van der Waals surface area (Å²) in [6, 6.07) is 0.751. The molecular formula is C14H19F3N4O. The highest BCUT2D eigenvalue weighted by Crippen LogP contribution is 2.45. The van der Waals surface area contributed by atoms with Crippen molar-refractivity contribution in [1.82, 2.24) is 20.4 Å². The average molecular weight is 316 g/mol. The van der Waals surface area contributed by atoms with E-state index in [0.717, 1.165) is 43.0 Å². The molecule has 5 nitrogen and oxygen atoms in total. The Labute approximate surface area is 126 Å². The topological polar surface area (TPSA) is 59.0 Å². The molecule has 1 amide bonds. The van der Waals surface area contributed by atoms with E-state index in [9.17, 15) is 18.0 Å². The van der Waals surface area contributed by atoms with Gasteiger partial charge in [-0.3, -0.25) is 9.48 Å². The van der Waals surface area contributed by atoms with Crippen LogP contribution in [0.15, 0.2) is 6.07 Å². The number of halogens is 3. The minimum Gasteiger partial charge on any atom is -0.349 e. The lowest BCUT2D eigenvalue weighted by Crippen LogP contribution is -2.67. The van der Waals surface area contributed by atoms with E-state index in [1.807, 2.05) is 0 Å². The normalized spacial score (nSPS) is 23.5. The van der Waals surface area contributed by atoms with Crippen LogP contribution < -0.4 is 10.6 Å². The molecule has 2 fully saturated rings. The molecule has 1 atom stereocenters. The quantitative estimate of drug-likeness (QED) is 0.890. The van der Waals surface area contributed by atoms with Crippen LogP contribution in [0.1, 0.15) is 37.1 Å². The van der Waals surface area contributed by atoms with Gasteiger partial charge in [-0.15, -0.1) is 0 Å². The SMILES string of the molecule is Cn1nc(CNC(=O)C2NCC23CCCC3)cc1C(F)(F)F. The van der Waals surface area contributed by atoms with E-state index in [1.54, 1.807) is 0 Å². The highest BCUT2D eigenvalue weighted by molar-refractivity contribution is 5.84. The summed E-state index contributed by atoms with van der Waals surface area (Å²) in [5, 5.41) is 9.64. The highest BCUT2D eigenvalue weighted by Gasteiger charge is 2.51. The van der Waals surface area contributed by atoms with Crippen molar-refractivity contribution >= 4 is 5.91 Å². The molecule has 1 saturated heterocycles. The molecule has 0 bridgehead atoms. The second-order valence-electron chi connectivity index (χ2n) is 6.24. The van der Waals surface area contributed by atoms with Crippen LogP contribution in [0.2, 0.25) is 0 Å². The zero-order valence-electron chi connectivity index (χ0n) is 12.3. The minimum atomic E-state index is -4.44. The summed E-state index contributed by atoms with van der Waals surface area (Å²) in [6.07, 6.45) is -0.0749. The van der Waals surface area contributed by atoms with Crippen molar-refractivity contribution in [3.63, 3.8) is 0 Å². The van der Waals surface area contributed by atoms with Gasteiger partial charge in [0.1, 0.15) is 5.69 Å². The Morgan fingerprint density at radius 1 is 1.50 bits per heavy atom. The van der Waals surface area contributed by atoms with Gasteiger partial charge in [0.15, 0.2) is 0 Å². The van der Waals surface area contributed by atoms with Crippen LogP contribution in [0.25, 0.3) is 0 Å². The van der Waals surface area contributed by atoms with Crippen LogP contribution >= 0.6 is 0 Å². The largest absolute Gasteiger partial charge is 0.433 e. The molecule has 122 valence electrons. The Bertz CT molecular complexity index is 575. The molecule has 0 aromatic carbocycles. The summed E-state index contributed by atoms with van der Waals surface area (Å²) in [6.45, 7) is 0.865. The molecule has 1 aliphatic carbocycles. The molecule has 1 saturated carbocycles. The molecule has 22 heavy (non-hydrogen) atoms. The molecule has 8 heteroatoms. The number of hydrogen-bond acceptors (Lipinski definition) is 3. The van der Waals surface area contributed by atoms with Gasteiger partial charge in [0.2, 0.25) is 5.91 Å². The van der Waals surface area contributed by atoms with Gasteiger partial charge in [-0.1, -0.05) is 12.8 Å². The van der Waals surface area contributed by atoms with Gasteiger partial charge in [0.25, 0.3) is 0 Å². The molecule has 2 heterocycles. The molecule has 1 aliphatic heterocycles. The number of carbonyl (C=O) groups excluding carboxylic acids is 1. The summed E-state index contributed by atoms with van der Waals surface area (Å²) < 4.78 is 38.9. The van der Waals surface area contributed by atoms with Gasteiger partial charge in [0, 0.05) is 19.0 Å². The van der Waals surface area contributed by atoms with E-state index in [-0.39, 0.29) is 29.6 Å². The summed E-state index contributed by atoms with van der Waals surface area (Å²) in [4.78, 5) is 12.2. The standard InChI is InChI=1S/C14H19F3N4O/c1-21-10(14(15,16)17)6-9(20-21)7-18-12(22)11-13(8-19-11)4-2-3-5-13/h6,11,19H,2-5,7-8H2,1H3,(H,18,22). The van der Waals surface area contributed by atoms with Gasteiger partial charge < -0.3 is 10.6 Å². The fourth-order valence-corrected chi connectivity index (χ4v) is 3.57. The first-order valence-electron chi connectivity index (χ1n) is 7.43. The van der Waals surface area contributed by atoms with Crippen molar-refractivity contribution in [2.24, 2.45) is 12.5 Å². The number of alkyl halides is 3. The van der Waals surface area contributed by atoms with Gasteiger partial charge in [-0.05, 0) is 18.9 Å². The molecule has 2 aliphatic rings. The number of rotatable bonds is 3. The van der Waals surface area contributed by atoms with Crippen molar-refractivity contribution < 1.29 is 18.0 Å². The molecule has 2 N–H and O–H groups in total. The van der Waals surface area contributed by atoms with E-state index in [1.165, 1.54) is 7.05 Å². The summed E-state index contributed by atoms with van der Waals surface area (Å²) in [7, 11) is 1.25. The van der Waals surface area contributed by atoms with Crippen LogP contribution in [0.3, 0.4) is 0 Å². The first-order chi connectivity index (χ1) is 10.3. The minimum absolute atomic E-state index is 0.0109. The van der Waals surface area contributed by atoms with Crippen molar-refractivity contribution in [3.05, 3.63) is 17.5 Å². The molecule has 1 unspecified atom stereocenters. The third kappa shape index (κ3) is 2.60. The Morgan fingerprint density at radius 2 is 2.18 bits per heavy atom. The summed E-state index contributed by atoms with van der Waals surface area (Å²) in [5.74, 6) is -0.146. The molecule has 1 spiro atoms. The van der Waals surface area contributed by atoms with Crippen LogP contribution in [-0.4, -0.2) is 28.3 Å². The second kappa shape index (κ2) is 5.26. The lowest BCUT2D eigenvalue weighted by Gasteiger charge is -2.47. The third-order valence-corrected chi connectivity index (χ3v) is 4.80. The van der Waals surface area contributed by atoms with Gasteiger partial charge in [-0.2, -0.15) is 18.3 Å². The van der Waals surface area contributed by atoms with Gasteiger partial charge >= 0.3 is 6.18 Å². The van der Waals surface area contributed by atoms with Crippen LogP contribution in [0, 0.1) is 5.41 Å². The molecule has 1 aromatic heterocycles. The molecule has 1 aromatic rings. The number of aryl methyl sites for hydroxylation is 1. The molecular weight excluding hydrogens is 297 g/mol. The van der Waals surface area contributed by atoms with E-state index in [4.69, 9.17) is 0 Å². The average Bonchev–Trinajstić information content (AvgIpc) is 3.02. The lowest BCUT2D eigenvalue weighted by atomic mass is 9.71. The van der Waals surface area contributed by atoms with Crippen LogP contribution in [0.5, 0.6) is 0 Å². The fourth-order valence-electron chi connectivity index (χ4n) is 3.57. The van der Waals surface area contributed by atoms with Crippen molar-refractivity contribution in [2.75, 3.05) is 6.54 Å². The monoisotopic (exact) mass is 316 g/mol. The number of aromatic nitrogens is 2. The van der Waals surface area contributed by atoms with Crippen molar-refractivity contribution in [2.45, 2.75) is 44.4 Å². The predicted octanol–water partition coefficient (Wildman–Crippen LogP) is 1.59.